The zero-order valence-electron chi connectivity index (χ0n) is 12.8. The second kappa shape index (κ2) is 9.29. The van der Waals surface area contributed by atoms with Crippen LogP contribution in [0.25, 0.3) is 0 Å². The highest BCUT2D eigenvalue weighted by atomic mass is 79.9. The lowest BCUT2D eigenvalue weighted by molar-refractivity contribution is 0.103. The highest BCUT2D eigenvalue weighted by Crippen LogP contribution is 2.20. The monoisotopic (exact) mass is 335 g/mol. The third-order valence-electron chi connectivity index (χ3n) is 2.95. The van der Waals surface area contributed by atoms with Crippen molar-refractivity contribution in [1.29, 1.82) is 0 Å². The molecule has 0 radical (unpaired) electrons. The molecule has 18 heavy (non-hydrogen) atoms. The first-order valence-electron chi connectivity index (χ1n) is 6.88. The summed E-state index contributed by atoms with van der Waals surface area (Å²) >= 11 is 3.44. The van der Waals surface area contributed by atoms with Crippen molar-refractivity contribution in [3.05, 3.63) is 12.2 Å². The zero-order chi connectivity index (χ0) is 14.2. The van der Waals surface area contributed by atoms with Crippen LogP contribution in [-0.4, -0.2) is 32.8 Å². The average molecular weight is 336 g/mol. The van der Waals surface area contributed by atoms with Crippen molar-refractivity contribution >= 4 is 24.2 Å². The van der Waals surface area contributed by atoms with E-state index in [0.29, 0.717) is 18.1 Å². The fourth-order valence-corrected chi connectivity index (χ4v) is 3.43. The minimum atomic E-state index is -1.49. The van der Waals surface area contributed by atoms with Crippen molar-refractivity contribution in [2.75, 3.05) is 12.4 Å². The van der Waals surface area contributed by atoms with Crippen LogP contribution in [0.15, 0.2) is 12.2 Å². The van der Waals surface area contributed by atoms with Crippen LogP contribution in [0.2, 0.25) is 19.6 Å². The minimum absolute atomic E-state index is 0.301. The van der Waals surface area contributed by atoms with E-state index in [2.05, 4.69) is 66.9 Å². The van der Waals surface area contributed by atoms with Crippen molar-refractivity contribution in [3.8, 4) is 0 Å². The molecule has 2 nitrogen and oxygen atoms in total. The molecule has 0 fully saturated rings. The lowest BCUT2D eigenvalue weighted by Gasteiger charge is -2.34. The van der Waals surface area contributed by atoms with Gasteiger partial charge in [0.05, 0.1) is 6.10 Å². The molecule has 0 aromatic rings. The summed E-state index contributed by atoms with van der Waals surface area (Å²) in [6.45, 7) is 11.3. The van der Waals surface area contributed by atoms with Crippen molar-refractivity contribution in [1.82, 2.24) is 5.32 Å². The molecule has 0 bridgehead atoms. The Morgan fingerprint density at radius 3 is 2.28 bits per heavy atom. The number of halogens is 1. The second-order valence-corrected chi connectivity index (χ2v) is 11.2. The van der Waals surface area contributed by atoms with Gasteiger partial charge < -0.3 is 9.74 Å². The number of hydrogen-bond acceptors (Lipinski definition) is 2. The Morgan fingerprint density at radius 2 is 1.83 bits per heavy atom. The van der Waals surface area contributed by atoms with Crippen molar-refractivity contribution < 1.29 is 4.43 Å². The molecule has 0 rings (SSSR count). The van der Waals surface area contributed by atoms with Gasteiger partial charge in [0.25, 0.3) is 0 Å². The van der Waals surface area contributed by atoms with E-state index in [-0.39, 0.29) is 0 Å². The van der Waals surface area contributed by atoms with Crippen LogP contribution < -0.4 is 5.32 Å². The molecule has 0 saturated carbocycles. The van der Waals surface area contributed by atoms with E-state index in [1.165, 1.54) is 0 Å². The summed E-state index contributed by atoms with van der Waals surface area (Å²) in [5.41, 5.74) is 0. The minimum Gasteiger partial charge on any atom is -0.413 e. The summed E-state index contributed by atoms with van der Waals surface area (Å²) in [6.07, 6.45) is 7.04. The summed E-state index contributed by atoms with van der Waals surface area (Å²) in [6, 6.07) is 0.399. The van der Waals surface area contributed by atoms with Crippen molar-refractivity contribution in [3.63, 3.8) is 0 Å². The molecular weight excluding hydrogens is 306 g/mol. The van der Waals surface area contributed by atoms with E-state index in [0.717, 1.165) is 18.2 Å². The van der Waals surface area contributed by atoms with Crippen molar-refractivity contribution in [2.24, 2.45) is 5.92 Å². The van der Waals surface area contributed by atoms with Crippen LogP contribution in [0.3, 0.4) is 0 Å². The number of nitrogens with one attached hydrogen (secondary N) is 1. The summed E-state index contributed by atoms with van der Waals surface area (Å²) in [4.78, 5) is 0. The summed E-state index contributed by atoms with van der Waals surface area (Å²) < 4.78 is 6.34. The number of allylic oxidation sites excluding steroid dienone is 2. The van der Waals surface area contributed by atoms with Crippen LogP contribution in [0.1, 0.15) is 26.7 Å². The Bertz CT molecular complexity index is 240. The quantitative estimate of drug-likeness (QED) is 0.387. The average Bonchev–Trinajstić information content (AvgIpc) is 2.29. The smallest absolute Gasteiger partial charge is 0.184 e. The molecule has 0 unspecified atom stereocenters. The van der Waals surface area contributed by atoms with Gasteiger partial charge in [-0.2, -0.15) is 0 Å². The maximum absolute atomic E-state index is 6.34. The molecule has 3 atom stereocenters. The van der Waals surface area contributed by atoms with Gasteiger partial charge >= 0.3 is 0 Å². The Hall–Kier alpha value is 0.357. The fourth-order valence-electron chi connectivity index (χ4n) is 1.91. The van der Waals surface area contributed by atoms with E-state index in [9.17, 15) is 0 Å². The molecule has 108 valence electrons. The summed E-state index contributed by atoms with van der Waals surface area (Å²) in [5.74, 6) is 0.547. The zero-order valence-corrected chi connectivity index (χ0v) is 15.4. The predicted molar refractivity (Wildman–Crippen MR) is 88.1 cm³/mol. The molecule has 0 aromatic heterocycles. The van der Waals surface area contributed by atoms with Gasteiger partial charge in [0, 0.05) is 11.4 Å². The molecule has 1 N–H and O–H groups in total. The van der Waals surface area contributed by atoms with E-state index in [1.54, 1.807) is 0 Å². The van der Waals surface area contributed by atoms with Gasteiger partial charge in [-0.1, -0.05) is 35.0 Å². The molecule has 0 aliphatic rings. The lowest BCUT2D eigenvalue weighted by atomic mass is 9.95. The van der Waals surface area contributed by atoms with Gasteiger partial charge in [-0.25, -0.2) is 0 Å². The normalized spacial score (nSPS) is 17.9. The second-order valence-electron chi connectivity index (χ2n) is 5.93. The Balaban J connectivity index is 4.45. The molecule has 0 aromatic carbocycles. The molecule has 0 aliphatic heterocycles. The maximum Gasteiger partial charge on any atom is 0.184 e. The molecule has 0 heterocycles. The predicted octanol–water partition coefficient (Wildman–Crippen LogP) is 4.18. The van der Waals surface area contributed by atoms with E-state index < -0.39 is 8.32 Å². The lowest BCUT2D eigenvalue weighted by Crippen LogP contribution is -2.46. The van der Waals surface area contributed by atoms with Gasteiger partial charge in [0.1, 0.15) is 0 Å². The first-order chi connectivity index (χ1) is 8.31. The molecule has 0 aliphatic carbocycles. The van der Waals surface area contributed by atoms with Gasteiger partial charge in [0.2, 0.25) is 0 Å². The van der Waals surface area contributed by atoms with Gasteiger partial charge in [-0.15, -0.1) is 0 Å². The number of likely N-dealkylation sites (N-methyl/N-ethyl adjacent to an activating group) is 1. The van der Waals surface area contributed by atoms with Crippen LogP contribution >= 0.6 is 15.9 Å². The third kappa shape index (κ3) is 8.46. The topological polar surface area (TPSA) is 21.3 Å². The molecule has 4 heteroatoms. The third-order valence-corrected chi connectivity index (χ3v) is 4.39. The molecule has 0 saturated heterocycles. The van der Waals surface area contributed by atoms with E-state index >= 15 is 0 Å². The summed E-state index contributed by atoms with van der Waals surface area (Å²) in [7, 11) is 0.524. The largest absolute Gasteiger partial charge is 0.413 e. The maximum atomic E-state index is 6.34. The van der Waals surface area contributed by atoms with Crippen LogP contribution in [0, 0.1) is 5.92 Å². The van der Waals surface area contributed by atoms with Crippen LogP contribution in [0.5, 0.6) is 0 Å². The first kappa shape index (κ1) is 18.4. The molecular formula is C14H30BrNOSi. The standard InChI is InChI=1S/C14H30BrNOSi/c1-12(10-8-7-9-11-15)14(13(2)16-3)17-18(4,5)6/h7-8,12-14,16H,9-11H2,1-6H3/t12-,13+,14-/m1/s1. The van der Waals surface area contributed by atoms with Crippen LogP contribution in [0.4, 0.5) is 0 Å². The Kier molecular flexibility index (Phi) is 9.47. The Morgan fingerprint density at radius 1 is 1.22 bits per heavy atom. The number of rotatable bonds is 9. The van der Waals surface area contributed by atoms with Gasteiger partial charge in [-0.3, -0.25) is 0 Å². The number of alkyl halides is 1. The highest BCUT2D eigenvalue weighted by molar-refractivity contribution is 9.09. The fraction of sp³-hybridized carbons (Fsp3) is 0.857. The Labute approximate surface area is 123 Å². The van der Waals surface area contributed by atoms with Gasteiger partial charge in [-0.05, 0) is 52.4 Å². The van der Waals surface area contributed by atoms with Crippen LogP contribution in [-0.2, 0) is 4.43 Å². The highest BCUT2D eigenvalue weighted by Gasteiger charge is 2.28. The molecule has 0 spiro atoms. The summed E-state index contributed by atoms with van der Waals surface area (Å²) in [5, 5.41) is 4.38. The number of hydrogen-bond donors (Lipinski definition) is 1. The van der Waals surface area contributed by atoms with E-state index in [4.69, 9.17) is 4.43 Å². The SMILES string of the molecule is CN[C@@H](C)[C@H](O[Si](C)(C)C)[C@H](C)CC=CCCBr. The van der Waals surface area contributed by atoms with E-state index in [1.807, 2.05) is 7.05 Å². The van der Waals surface area contributed by atoms with Gasteiger partial charge in [0.15, 0.2) is 8.32 Å². The molecule has 0 amide bonds. The van der Waals surface area contributed by atoms with Crippen molar-refractivity contribution in [2.45, 2.75) is 58.5 Å². The first-order valence-corrected chi connectivity index (χ1v) is 11.4.